The lowest BCUT2D eigenvalue weighted by Crippen LogP contribution is -2.23. The maximum atomic E-state index is 4.30. The van der Waals surface area contributed by atoms with Crippen molar-refractivity contribution in [3.05, 3.63) is 40.9 Å². The van der Waals surface area contributed by atoms with Crippen LogP contribution in [-0.4, -0.2) is 10.2 Å². The molecule has 112 valence electrons. The quantitative estimate of drug-likeness (QED) is 0.859. The van der Waals surface area contributed by atoms with E-state index in [9.17, 15) is 0 Å². The Hall–Kier alpha value is -1.42. The number of anilines is 1. The molecule has 1 saturated carbocycles. The highest BCUT2D eigenvalue weighted by Crippen LogP contribution is 2.37. The average molecular weight is 301 g/mol. The average Bonchev–Trinajstić information content (AvgIpc) is 3.02. The molecule has 1 aliphatic rings. The SMILES string of the molecule is CCc1nnc(NC(c2ccccc2)C2CCCCC2)s1. The van der Waals surface area contributed by atoms with Crippen LogP contribution in [0, 0.1) is 5.92 Å². The highest BCUT2D eigenvalue weighted by molar-refractivity contribution is 7.15. The summed E-state index contributed by atoms with van der Waals surface area (Å²) in [5.41, 5.74) is 1.37. The number of nitrogens with one attached hydrogen (secondary N) is 1. The van der Waals surface area contributed by atoms with Crippen molar-refractivity contribution in [1.29, 1.82) is 0 Å². The normalized spacial score (nSPS) is 17.6. The van der Waals surface area contributed by atoms with E-state index in [1.165, 1.54) is 37.7 Å². The van der Waals surface area contributed by atoms with Crippen molar-refractivity contribution in [3.63, 3.8) is 0 Å². The number of aromatic nitrogens is 2. The molecule has 1 fully saturated rings. The molecule has 0 aliphatic heterocycles. The van der Waals surface area contributed by atoms with Crippen LogP contribution < -0.4 is 5.32 Å². The lowest BCUT2D eigenvalue weighted by Gasteiger charge is -2.31. The molecule has 0 spiro atoms. The number of hydrogen-bond acceptors (Lipinski definition) is 4. The fourth-order valence-electron chi connectivity index (χ4n) is 3.19. The summed E-state index contributed by atoms with van der Waals surface area (Å²) in [4.78, 5) is 0. The molecule has 1 aliphatic carbocycles. The minimum Gasteiger partial charge on any atom is -0.353 e. The first-order valence-electron chi connectivity index (χ1n) is 8.00. The highest BCUT2D eigenvalue weighted by Gasteiger charge is 2.25. The Morgan fingerprint density at radius 3 is 2.57 bits per heavy atom. The van der Waals surface area contributed by atoms with Crippen molar-refractivity contribution in [1.82, 2.24) is 10.2 Å². The molecule has 1 N–H and O–H groups in total. The topological polar surface area (TPSA) is 37.8 Å². The summed E-state index contributed by atoms with van der Waals surface area (Å²) in [5, 5.41) is 14.3. The van der Waals surface area contributed by atoms with Gasteiger partial charge in [-0.3, -0.25) is 0 Å². The maximum absolute atomic E-state index is 4.30. The fourth-order valence-corrected chi connectivity index (χ4v) is 3.91. The minimum absolute atomic E-state index is 0.365. The molecule has 0 saturated heterocycles. The van der Waals surface area contributed by atoms with Crippen LogP contribution in [0.15, 0.2) is 30.3 Å². The molecule has 1 aromatic heterocycles. The van der Waals surface area contributed by atoms with Crippen molar-refractivity contribution < 1.29 is 0 Å². The van der Waals surface area contributed by atoms with E-state index >= 15 is 0 Å². The van der Waals surface area contributed by atoms with E-state index in [2.05, 4.69) is 52.8 Å². The molecule has 21 heavy (non-hydrogen) atoms. The van der Waals surface area contributed by atoms with E-state index in [0.29, 0.717) is 12.0 Å². The monoisotopic (exact) mass is 301 g/mol. The van der Waals surface area contributed by atoms with Gasteiger partial charge in [0.15, 0.2) is 0 Å². The van der Waals surface area contributed by atoms with Gasteiger partial charge in [-0.1, -0.05) is 67.9 Å². The Morgan fingerprint density at radius 2 is 1.90 bits per heavy atom. The Morgan fingerprint density at radius 1 is 1.14 bits per heavy atom. The summed E-state index contributed by atoms with van der Waals surface area (Å²) in [6.45, 7) is 2.13. The molecule has 3 nitrogen and oxygen atoms in total. The summed E-state index contributed by atoms with van der Waals surface area (Å²) in [6.07, 6.45) is 7.67. The third kappa shape index (κ3) is 3.62. The molecule has 3 rings (SSSR count). The molecule has 4 heteroatoms. The Kier molecular flexibility index (Phi) is 4.86. The van der Waals surface area contributed by atoms with Crippen molar-refractivity contribution in [2.24, 2.45) is 5.92 Å². The Labute approximate surface area is 130 Å². The fraction of sp³-hybridized carbons (Fsp3) is 0.529. The smallest absolute Gasteiger partial charge is 0.206 e. The summed E-state index contributed by atoms with van der Waals surface area (Å²) >= 11 is 1.69. The van der Waals surface area contributed by atoms with E-state index in [-0.39, 0.29) is 0 Å². The van der Waals surface area contributed by atoms with E-state index in [4.69, 9.17) is 0 Å². The summed E-state index contributed by atoms with van der Waals surface area (Å²) in [7, 11) is 0. The molecule has 1 unspecified atom stereocenters. The van der Waals surface area contributed by atoms with Gasteiger partial charge in [-0.15, -0.1) is 10.2 Å². The van der Waals surface area contributed by atoms with Gasteiger partial charge in [0.05, 0.1) is 6.04 Å². The van der Waals surface area contributed by atoms with Crippen LogP contribution in [0.5, 0.6) is 0 Å². The van der Waals surface area contributed by atoms with Crippen LogP contribution in [-0.2, 0) is 6.42 Å². The summed E-state index contributed by atoms with van der Waals surface area (Å²) < 4.78 is 0. The summed E-state index contributed by atoms with van der Waals surface area (Å²) in [5.74, 6) is 0.704. The van der Waals surface area contributed by atoms with Gasteiger partial charge in [0.1, 0.15) is 5.01 Å². The predicted octanol–water partition coefficient (Wildman–Crippen LogP) is 4.83. The van der Waals surface area contributed by atoms with Gasteiger partial charge in [0.2, 0.25) is 5.13 Å². The van der Waals surface area contributed by atoms with Gasteiger partial charge in [0, 0.05) is 0 Å². The first-order valence-corrected chi connectivity index (χ1v) is 8.82. The van der Waals surface area contributed by atoms with Crippen LogP contribution in [0.2, 0.25) is 0 Å². The first-order chi connectivity index (χ1) is 10.4. The van der Waals surface area contributed by atoms with Crippen molar-refractivity contribution in [2.75, 3.05) is 5.32 Å². The predicted molar refractivity (Wildman–Crippen MR) is 88.7 cm³/mol. The van der Waals surface area contributed by atoms with Crippen molar-refractivity contribution in [3.8, 4) is 0 Å². The molecular formula is C17H23N3S. The van der Waals surface area contributed by atoms with Gasteiger partial charge in [-0.2, -0.15) is 0 Å². The Bertz CT molecular complexity index is 546. The van der Waals surface area contributed by atoms with Crippen LogP contribution in [0.4, 0.5) is 5.13 Å². The lowest BCUT2D eigenvalue weighted by molar-refractivity contribution is 0.321. The molecule has 1 aromatic carbocycles. The minimum atomic E-state index is 0.365. The van der Waals surface area contributed by atoms with E-state index in [1.54, 1.807) is 11.3 Å². The maximum Gasteiger partial charge on any atom is 0.206 e. The molecule has 0 radical (unpaired) electrons. The van der Waals surface area contributed by atoms with E-state index < -0.39 is 0 Å². The first kappa shape index (κ1) is 14.5. The van der Waals surface area contributed by atoms with Gasteiger partial charge < -0.3 is 5.32 Å². The largest absolute Gasteiger partial charge is 0.353 e. The highest BCUT2D eigenvalue weighted by atomic mass is 32.1. The van der Waals surface area contributed by atoms with Crippen LogP contribution >= 0.6 is 11.3 Å². The number of hydrogen-bond donors (Lipinski definition) is 1. The zero-order valence-corrected chi connectivity index (χ0v) is 13.4. The second-order valence-corrected chi connectivity index (χ2v) is 6.85. The van der Waals surface area contributed by atoms with Crippen LogP contribution in [0.1, 0.15) is 55.6 Å². The zero-order chi connectivity index (χ0) is 14.5. The van der Waals surface area contributed by atoms with Gasteiger partial charge in [-0.25, -0.2) is 0 Å². The van der Waals surface area contributed by atoms with E-state index in [1.807, 2.05) is 0 Å². The zero-order valence-electron chi connectivity index (χ0n) is 12.6. The molecule has 0 bridgehead atoms. The number of rotatable bonds is 5. The lowest BCUT2D eigenvalue weighted by atomic mass is 9.81. The van der Waals surface area contributed by atoms with Gasteiger partial charge >= 0.3 is 0 Å². The molecule has 2 aromatic rings. The number of aryl methyl sites for hydroxylation is 1. The standard InChI is InChI=1S/C17H23N3S/c1-2-15-19-20-17(21-15)18-16(13-9-5-3-6-10-13)14-11-7-4-8-12-14/h3,5-6,9-10,14,16H,2,4,7-8,11-12H2,1H3,(H,18,20). The molecule has 1 atom stereocenters. The summed E-state index contributed by atoms with van der Waals surface area (Å²) in [6, 6.07) is 11.2. The van der Waals surface area contributed by atoms with Gasteiger partial charge in [0.25, 0.3) is 0 Å². The second kappa shape index (κ2) is 7.03. The third-order valence-electron chi connectivity index (χ3n) is 4.33. The molecule has 0 amide bonds. The van der Waals surface area contributed by atoms with Crippen molar-refractivity contribution in [2.45, 2.75) is 51.5 Å². The van der Waals surface area contributed by atoms with Crippen molar-refractivity contribution >= 4 is 16.5 Å². The van der Waals surface area contributed by atoms with Crippen LogP contribution in [0.3, 0.4) is 0 Å². The third-order valence-corrected chi connectivity index (χ3v) is 5.33. The number of benzene rings is 1. The van der Waals surface area contributed by atoms with E-state index in [0.717, 1.165) is 16.6 Å². The second-order valence-electron chi connectivity index (χ2n) is 5.79. The number of nitrogens with zero attached hydrogens (tertiary/aromatic N) is 2. The molecular weight excluding hydrogens is 278 g/mol. The Balaban J connectivity index is 1.81. The molecule has 1 heterocycles. The van der Waals surface area contributed by atoms with Gasteiger partial charge in [-0.05, 0) is 30.7 Å². The van der Waals surface area contributed by atoms with Crippen LogP contribution in [0.25, 0.3) is 0 Å².